The summed E-state index contributed by atoms with van der Waals surface area (Å²) in [7, 11) is -3.41. The van der Waals surface area contributed by atoms with E-state index in [1.165, 1.54) is 18.7 Å². The van der Waals surface area contributed by atoms with Crippen LogP contribution in [0.15, 0.2) is 17.3 Å². The van der Waals surface area contributed by atoms with Gasteiger partial charge in [0.2, 0.25) is 0 Å². The summed E-state index contributed by atoms with van der Waals surface area (Å²) >= 11 is 0. The molecule has 96 valence electrons. The molecule has 1 saturated carbocycles. The Morgan fingerprint density at radius 3 is 2.65 bits per heavy atom. The number of sulfonamides is 1. The molecular weight excluding hydrogens is 238 g/mol. The van der Waals surface area contributed by atoms with Gasteiger partial charge in [-0.25, -0.2) is 13.1 Å². The van der Waals surface area contributed by atoms with E-state index in [0.717, 1.165) is 31.6 Å². The second-order valence-electron chi connectivity index (χ2n) is 4.67. The maximum absolute atomic E-state index is 11.9. The highest BCUT2D eigenvalue weighted by Gasteiger charge is 2.25. The number of H-pyrrole nitrogens is 1. The average molecular weight is 257 g/mol. The first kappa shape index (κ1) is 12.6. The van der Waals surface area contributed by atoms with E-state index in [9.17, 15) is 8.42 Å². The lowest BCUT2D eigenvalue weighted by molar-refractivity contribution is 0.306. The van der Waals surface area contributed by atoms with Gasteiger partial charge in [-0.3, -0.25) is 5.10 Å². The van der Waals surface area contributed by atoms with Gasteiger partial charge < -0.3 is 0 Å². The highest BCUT2D eigenvalue weighted by Crippen LogP contribution is 2.27. The van der Waals surface area contributed by atoms with E-state index in [2.05, 4.69) is 21.8 Å². The second-order valence-corrected chi connectivity index (χ2v) is 6.35. The van der Waals surface area contributed by atoms with Crippen molar-refractivity contribution in [3.8, 4) is 0 Å². The Labute approximate surface area is 102 Å². The van der Waals surface area contributed by atoms with Crippen LogP contribution >= 0.6 is 0 Å². The van der Waals surface area contributed by atoms with Crippen LogP contribution in [0.1, 0.15) is 39.0 Å². The Morgan fingerprint density at radius 2 is 2.12 bits per heavy atom. The third-order valence-electron chi connectivity index (χ3n) is 3.51. The first-order valence-corrected chi connectivity index (χ1v) is 7.62. The molecule has 0 radical (unpaired) electrons. The zero-order valence-electron chi connectivity index (χ0n) is 10.0. The van der Waals surface area contributed by atoms with Crippen LogP contribution < -0.4 is 4.72 Å². The molecule has 0 spiro atoms. The number of hydrogen-bond acceptors (Lipinski definition) is 3. The molecule has 0 amide bonds. The number of hydrogen-bond donors (Lipinski definition) is 2. The molecule has 0 bridgehead atoms. The molecule has 1 aromatic heterocycles. The third kappa shape index (κ3) is 3.07. The quantitative estimate of drug-likeness (QED) is 0.861. The smallest absolute Gasteiger partial charge is 0.257 e. The fraction of sp³-hybridized carbons (Fsp3) is 0.727. The fourth-order valence-corrected chi connectivity index (χ4v) is 3.58. The second kappa shape index (κ2) is 5.18. The molecule has 1 heterocycles. The number of aromatic nitrogens is 2. The molecule has 1 aromatic rings. The predicted octanol–water partition coefficient (Wildman–Crippen LogP) is 1.66. The summed E-state index contributed by atoms with van der Waals surface area (Å²) in [6.45, 7) is 2.19. The molecule has 0 saturated heterocycles. The lowest BCUT2D eigenvalue weighted by Gasteiger charge is -2.27. The van der Waals surface area contributed by atoms with E-state index in [0.29, 0.717) is 0 Å². The topological polar surface area (TPSA) is 74.8 Å². The molecule has 6 heteroatoms. The molecule has 1 fully saturated rings. The Balaban J connectivity index is 1.94. The molecule has 0 aliphatic heterocycles. The summed E-state index contributed by atoms with van der Waals surface area (Å²) in [6, 6.07) is 1.55. The van der Waals surface area contributed by atoms with Gasteiger partial charge in [-0.1, -0.05) is 13.3 Å². The molecule has 1 aliphatic carbocycles. The highest BCUT2D eigenvalue weighted by atomic mass is 32.2. The van der Waals surface area contributed by atoms with Crippen molar-refractivity contribution in [2.75, 3.05) is 0 Å². The summed E-state index contributed by atoms with van der Waals surface area (Å²) in [5, 5.41) is 6.30. The van der Waals surface area contributed by atoms with Gasteiger partial charge in [0.05, 0.1) is 6.20 Å². The zero-order valence-corrected chi connectivity index (χ0v) is 10.8. The van der Waals surface area contributed by atoms with Crippen LogP contribution in [0, 0.1) is 5.92 Å². The first-order chi connectivity index (χ1) is 8.12. The number of nitrogens with zero attached hydrogens (tertiary/aromatic N) is 1. The van der Waals surface area contributed by atoms with E-state index >= 15 is 0 Å². The maximum Gasteiger partial charge on any atom is 0.257 e. The lowest BCUT2D eigenvalue weighted by Crippen LogP contribution is -2.37. The summed E-state index contributed by atoms with van der Waals surface area (Å²) in [5.74, 6) is 0.767. The van der Waals surface area contributed by atoms with Gasteiger partial charge >= 0.3 is 0 Å². The van der Waals surface area contributed by atoms with Crippen molar-refractivity contribution in [2.24, 2.45) is 5.92 Å². The molecule has 2 rings (SSSR count). The average Bonchev–Trinajstić information content (AvgIpc) is 2.84. The van der Waals surface area contributed by atoms with Gasteiger partial charge in [-0.2, -0.15) is 5.10 Å². The van der Waals surface area contributed by atoms with Crippen molar-refractivity contribution >= 4 is 10.0 Å². The molecule has 5 nitrogen and oxygen atoms in total. The van der Waals surface area contributed by atoms with Gasteiger partial charge in [0, 0.05) is 6.04 Å². The molecule has 0 unspecified atom stereocenters. The van der Waals surface area contributed by atoms with Crippen LogP contribution in [0.3, 0.4) is 0 Å². The minimum absolute atomic E-state index is 0.0751. The largest absolute Gasteiger partial charge is 0.266 e. The van der Waals surface area contributed by atoms with Crippen LogP contribution in [0.2, 0.25) is 0 Å². The SMILES string of the molecule is CCC1CCC(NS(=O)(=O)c2ccn[nH]2)CC1. The monoisotopic (exact) mass is 257 g/mol. The fourth-order valence-electron chi connectivity index (χ4n) is 2.36. The summed E-state index contributed by atoms with van der Waals surface area (Å²) in [4.78, 5) is 0. The molecule has 17 heavy (non-hydrogen) atoms. The Morgan fingerprint density at radius 1 is 1.41 bits per heavy atom. The zero-order chi connectivity index (χ0) is 12.3. The van der Waals surface area contributed by atoms with Crippen molar-refractivity contribution in [1.29, 1.82) is 0 Å². The molecular formula is C11H19N3O2S. The lowest BCUT2D eigenvalue weighted by atomic mass is 9.85. The normalized spacial score (nSPS) is 25.9. The predicted molar refractivity (Wildman–Crippen MR) is 64.9 cm³/mol. The van der Waals surface area contributed by atoms with E-state index in [-0.39, 0.29) is 11.1 Å². The summed E-state index contributed by atoms with van der Waals surface area (Å²) in [5.41, 5.74) is 0. The van der Waals surface area contributed by atoms with Crippen LogP contribution in [-0.2, 0) is 10.0 Å². The highest BCUT2D eigenvalue weighted by molar-refractivity contribution is 7.89. The van der Waals surface area contributed by atoms with Gasteiger partial charge in [-0.05, 0) is 37.7 Å². The first-order valence-electron chi connectivity index (χ1n) is 6.13. The molecule has 2 N–H and O–H groups in total. The van der Waals surface area contributed by atoms with Gasteiger partial charge in [0.1, 0.15) is 0 Å². The number of nitrogens with one attached hydrogen (secondary N) is 2. The van der Waals surface area contributed by atoms with Crippen molar-refractivity contribution in [3.63, 3.8) is 0 Å². The van der Waals surface area contributed by atoms with Gasteiger partial charge in [-0.15, -0.1) is 0 Å². The van der Waals surface area contributed by atoms with Crippen LogP contribution in [-0.4, -0.2) is 24.7 Å². The van der Waals surface area contributed by atoms with Crippen LogP contribution in [0.25, 0.3) is 0 Å². The van der Waals surface area contributed by atoms with Crippen molar-refractivity contribution < 1.29 is 8.42 Å². The third-order valence-corrected chi connectivity index (χ3v) is 4.96. The van der Waals surface area contributed by atoms with E-state index in [1.54, 1.807) is 0 Å². The molecule has 0 aromatic carbocycles. The standard InChI is InChI=1S/C11H19N3O2S/c1-2-9-3-5-10(6-4-9)14-17(15,16)11-7-8-12-13-11/h7-10,14H,2-6H2,1H3,(H,12,13). The molecule has 1 aliphatic rings. The minimum Gasteiger partial charge on any atom is -0.266 e. The summed E-state index contributed by atoms with van der Waals surface area (Å²) in [6.07, 6.45) is 6.75. The van der Waals surface area contributed by atoms with Gasteiger partial charge in [0.25, 0.3) is 10.0 Å². The van der Waals surface area contributed by atoms with Crippen LogP contribution in [0.4, 0.5) is 0 Å². The van der Waals surface area contributed by atoms with E-state index in [4.69, 9.17) is 0 Å². The van der Waals surface area contributed by atoms with Gasteiger partial charge in [0.15, 0.2) is 5.03 Å². The van der Waals surface area contributed by atoms with E-state index in [1.807, 2.05) is 0 Å². The minimum atomic E-state index is -3.41. The van der Waals surface area contributed by atoms with Crippen molar-refractivity contribution in [1.82, 2.24) is 14.9 Å². The number of aromatic amines is 1. The Hall–Kier alpha value is -0.880. The molecule has 0 atom stereocenters. The maximum atomic E-state index is 11.9. The Kier molecular flexibility index (Phi) is 3.83. The van der Waals surface area contributed by atoms with E-state index < -0.39 is 10.0 Å². The Bertz CT molecular complexity index is 433. The summed E-state index contributed by atoms with van der Waals surface area (Å²) < 4.78 is 26.6. The van der Waals surface area contributed by atoms with Crippen molar-refractivity contribution in [2.45, 2.75) is 50.1 Å². The van der Waals surface area contributed by atoms with Crippen molar-refractivity contribution in [3.05, 3.63) is 12.3 Å². The number of rotatable bonds is 4. The van der Waals surface area contributed by atoms with Crippen LogP contribution in [0.5, 0.6) is 0 Å².